The van der Waals surface area contributed by atoms with Crippen molar-refractivity contribution in [1.29, 1.82) is 0 Å². The maximum atomic E-state index is 12.7. The number of rotatable bonds is 6. The van der Waals surface area contributed by atoms with Crippen LogP contribution in [0.5, 0.6) is 5.88 Å². The molecule has 0 amide bonds. The molecule has 3 nitrogen and oxygen atoms in total. The number of aromatic nitrogens is 1. The molecule has 0 fully saturated rings. The molecule has 0 bridgehead atoms. The number of ether oxygens (including phenoxy) is 1. The molecule has 0 spiro atoms. The Balaban J connectivity index is 0.00000106. The normalized spacial score (nSPS) is 10.3. The van der Waals surface area contributed by atoms with Crippen LogP contribution in [0.2, 0.25) is 0 Å². The molecule has 0 aliphatic rings. The number of hydrogen-bond donors (Lipinski definition) is 1. The van der Waals surface area contributed by atoms with Gasteiger partial charge in [0.2, 0.25) is 5.88 Å². The van der Waals surface area contributed by atoms with Gasteiger partial charge in [-0.25, -0.2) is 9.37 Å². The molecule has 0 aliphatic carbocycles. The van der Waals surface area contributed by atoms with Gasteiger partial charge in [0.15, 0.2) is 0 Å². The predicted molar refractivity (Wildman–Crippen MR) is 85.4 cm³/mol. The lowest BCUT2D eigenvalue weighted by molar-refractivity contribution is 0.293. The van der Waals surface area contributed by atoms with Gasteiger partial charge in [-0.3, -0.25) is 0 Å². The highest BCUT2D eigenvalue weighted by atomic mass is 31.1. The van der Waals surface area contributed by atoms with Crippen LogP contribution in [0.1, 0.15) is 25.0 Å². The Morgan fingerprint density at radius 3 is 2.33 bits per heavy atom. The molecule has 1 N–H and O–H groups in total. The van der Waals surface area contributed by atoms with Gasteiger partial charge in [0.1, 0.15) is 12.4 Å². The summed E-state index contributed by atoms with van der Waals surface area (Å²) in [6.07, 6.45) is 3.33. The number of pyridine rings is 1. The zero-order chi connectivity index (χ0) is 15.5. The van der Waals surface area contributed by atoms with E-state index in [1.54, 1.807) is 24.4 Å². The Morgan fingerprint density at radius 1 is 1.10 bits per heavy atom. The van der Waals surface area contributed by atoms with E-state index in [0.29, 0.717) is 12.5 Å². The van der Waals surface area contributed by atoms with Crippen LogP contribution >= 0.6 is 8.81 Å². The maximum absolute atomic E-state index is 12.7. The lowest BCUT2D eigenvalue weighted by Gasteiger charge is -2.06. The van der Waals surface area contributed by atoms with E-state index in [0.717, 1.165) is 23.7 Å². The third-order valence-electron chi connectivity index (χ3n) is 2.62. The molecule has 0 radical (unpaired) electrons. The van der Waals surface area contributed by atoms with Crippen molar-refractivity contribution < 1.29 is 14.0 Å². The fourth-order valence-corrected chi connectivity index (χ4v) is 1.98. The molecule has 0 aliphatic heterocycles. The molecule has 1 heterocycles. The van der Waals surface area contributed by atoms with Crippen molar-refractivity contribution in [3.63, 3.8) is 0 Å². The molecule has 1 unspecified atom stereocenters. The Hall–Kier alpha value is -1.51. The molecule has 1 aromatic carbocycles. The van der Waals surface area contributed by atoms with E-state index in [-0.39, 0.29) is 14.6 Å². The molecule has 114 valence electrons. The van der Waals surface area contributed by atoms with E-state index in [9.17, 15) is 4.39 Å². The van der Waals surface area contributed by atoms with Crippen LogP contribution in [0.4, 0.5) is 4.39 Å². The number of halogens is 1. The Kier molecular flexibility index (Phi) is 8.56. The largest absolute Gasteiger partial charge is 0.473 e. The number of nitrogens with zero attached hydrogens (tertiary/aromatic N) is 1. The van der Waals surface area contributed by atoms with Crippen LogP contribution in [0, 0.1) is 5.82 Å². The van der Waals surface area contributed by atoms with Crippen LogP contribution in [-0.4, -0.2) is 16.0 Å². The summed E-state index contributed by atoms with van der Waals surface area (Å²) < 4.78 is 18.2. The molecule has 1 aromatic heterocycles. The van der Waals surface area contributed by atoms with Crippen LogP contribution in [0.3, 0.4) is 0 Å². The lowest BCUT2D eigenvalue weighted by Crippen LogP contribution is -1.98. The fourth-order valence-electron chi connectivity index (χ4n) is 1.58. The van der Waals surface area contributed by atoms with Gasteiger partial charge in [-0.15, -0.1) is 0 Å². The van der Waals surface area contributed by atoms with E-state index in [1.807, 2.05) is 19.9 Å². The van der Waals surface area contributed by atoms with Crippen molar-refractivity contribution in [2.24, 2.45) is 0 Å². The molecular weight excluding hydrogens is 288 g/mol. The van der Waals surface area contributed by atoms with Crippen molar-refractivity contribution in [3.05, 3.63) is 59.5 Å². The van der Waals surface area contributed by atoms with Gasteiger partial charge >= 0.3 is 0 Å². The van der Waals surface area contributed by atoms with Gasteiger partial charge in [-0.1, -0.05) is 32.0 Å². The number of benzene rings is 1. The van der Waals surface area contributed by atoms with E-state index in [4.69, 9.17) is 9.63 Å². The monoisotopic (exact) mass is 309 g/mol. The summed E-state index contributed by atoms with van der Waals surface area (Å²) >= 11 is 0. The third kappa shape index (κ3) is 6.65. The molecule has 0 saturated heterocycles. The summed E-state index contributed by atoms with van der Waals surface area (Å²) in [7, 11) is -0.0288. The van der Waals surface area contributed by atoms with Gasteiger partial charge < -0.3 is 9.63 Å². The first kappa shape index (κ1) is 17.5. The van der Waals surface area contributed by atoms with Crippen molar-refractivity contribution in [3.8, 4) is 5.88 Å². The summed E-state index contributed by atoms with van der Waals surface area (Å²) in [4.78, 5) is 13.0. The molecule has 2 aromatic rings. The summed E-state index contributed by atoms with van der Waals surface area (Å²) in [5.74, 6) is 0.287. The fraction of sp³-hybridized carbons (Fsp3) is 0.312. The van der Waals surface area contributed by atoms with Gasteiger partial charge in [0.05, 0.1) is 0 Å². The van der Waals surface area contributed by atoms with Gasteiger partial charge in [-0.05, 0) is 35.8 Å². The van der Waals surface area contributed by atoms with E-state index in [2.05, 4.69) is 4.98 Å². The second-order valence-corrected chi connectivity index (χ2v) is 4.89. The highest BCUT2D eigenvalue weighted by molar-refractivity contribution is 7.31. The lowest BCUT2D eigenvalue weighted by atomic mass is 10.2. The van der Waals surface area contributed by atoms with Crippen molar-refractivity contribution in [2.45, 2.75) is 26.9 Å². The highest BCUT2D eigenvalue weighted by Gasteiger charge is 1.99. The number of aryl methyl sites for hydroxylation is 1. The first-order chi connectivity index (χ1) is 10.3. The zero-order valence-corrected chi connectivity index (χ0v) is 13.3. The van der Waals surface area contributed by atoms with E-state index >= 15 is 0 Å². The van der Waals surface area contributed by atoms with Crippen LogP contribution < -0.4 is 4.74 Å². The highest BCUT2D eigenvalue weighted by Crippen LogP contribution is 2.13. The second-order valence-electron chi connectivity index (χ2n) is 4.08. The van der Waals surface area contributed by atoms with Gasteiger partial charge in [0.25, 0.3) is 0 Å². The first-order valence-corrected chi connectivity index (χ1v) is 8.12. The standard InChI is InChI=1S/C14H15FNO2P.C2H6/c15-13-4-1-12(2-5-13)10-18-14-6-3-11(9-16-14)7-8-19-17;1-2/h1-6,9,17,19H,7-8,10H2;1-2H3. The molecule has 2 rings (SSSR count). The molecule has 1 atom stereocenters. The second kappa shape index (κ2) is 10.3. The maximum Gasteiger partial charge on any atom is 0.213 e. The molecule has 0 saturated carbocycles. The number of hydrogen-bond acceptors (Lipinski definition) is 3. The summed E-state index contributed by atoms with van der Waals surface area (Å²) in [5, 5.41) is 0. The predicted octanol–water partition coefficient (Wildman–Crippen LogP) is 3.95. The van der Waals surface area contributed by atoms with Crippen LogP contribution in [0.15, 0.2) is 42.6 Å². The van der Waals surface area contributed by atoms with E-state index in [1.165, 1.54) is 12.1 Å². The molecular formula is C16H21FNO2P. The Bertz CT molecular complexity index is 503. The first-order valence-electron chi connectivity index (χ1n) is 6.97. The van der Waals surface area contributed by atoms with Crippen molar-refractivity contribution >= 4 is 8.81 Å². The molecule has 21 heavy (non-hydrogen) atoms. The minimum Gasteiger partial charge on any atom is -0.473 e. The third-order valence-corrected chi connectivity index (χ3v) is 3.10. The Morgan fingerprint density at radius 2 is 1.76 bits per heavy atom. The van der Waals surface area contributed by atoms with E-state index < -0.39 is 0 Å². The summed E-state index contributed by atoms with van der Waals surface area (Å²) in [6.45, 7) is 4.37. The Labute approximate surface area is 127 Å². The topological polar surface area (TPSA) is 42.4 Å². The quantitative estimate of drug-likeness (QED) is 0.821. The average Bonchev–Trinajstić information content (AvgIpc) is 2.55. The average molecular weight is 309 g/mol. The summed E-state index contributed by atoms with van der Waals surface area (Å²) in [5.41, 5.74) is 1.98. The molecule has 5 heteroatoms. The minimum atomic E-state index is -0.254. The SMILES string of the molecule is CC.OPCCc1ccc(OCc2ccc(F)cc2)nc1. The van der Waals surface area contributed by atoms with Gasteiger partial charge in [-0.2, -0.15) is 0 Å². The van der Waals surface area contributed by atoms with Crippen molar-refractivity contribution in [1.82, 2.24) is 4.98 Å². The minimum absolute atomic E-state index is 0.0288. The van der Waals surface area contributed by atoms with Crippen molar-refractivity contribution in [2.75, 3.05) is 6.16 Å². The summed E-state index contributed by atoms with van der Waals surface area (Å²) in [6, 6.07) is 9.93. The zero-order valence-electron chi connectivity index (χ0n) is 12.3. The van der Waals surface area contributed by atoms with Gasteiger partial charge in [0, 0.05) is 21.1 Å². The van der Waals surface area contributed by atoms with Crippen LogP contribution in [-0.2, 0) is 13.0 Å². The smallest absolute Gasteiger partial charge is 0.213 e. The van der Waals surface area contributed by atoms with Crippen LogP contribution in [0.25, 0.3) is 0 Å².